The van der Waals surface area contributed by atoms with Gasteiger partial charge in [-0.25, -0.2) is 4.98 Å². The van der Waals surface area contributed by atoms with Crippen LogP contribution < -0.4 is 5.32 Å². The highest BCUT2D eigenvalue weighted by molar-refractivity contribution is 5.83. The molecule has 0 saturated carbocycles. The molecule has 6 heteroatoms. The Balaban J connectivity index is 1.84. The minimum absolute atomic E-state index is 0.0155. The number of rotatable bonds is 4. The van der Waals surface area contributed by atoms with Crippen molar-refractivity contribution in [2.24, 2.45) is 5.92 Å². The average Bonchev–Trinajstić information content (AvgIpc) is 2.65. The average molecular weight is 279 g/mol. The van der Waals surface area contributed by atoms with Crippen molar-refractivity contribution >= 4 is 11.8 Å². The summed E-state index contributed by atoms with van der Waals surface area (Å²) in [4.78, 5) is 28.9. The van der Waals surface area contributed by atoms with E-state index < -0.39 is 0 Å². The third-order valence-electron chi connectivity index (χ3n) is 3.52. The molecule has 0 atom stereocenters. The minimum Gasteiger partial charge on any atom is -0.443 e. The molecule has 0 unspecified atom stereocenters. The zero-order valence-electron chi connectivity index (χ0n) is 12.4. The number of amides is 2. The number of hydrogen-bond acceptors (Lipinski definition) is 4. The van der Waals surface area contributed by atoms with Crippen molar-refractivity contribution in [3.8, 4) is 0 Å². The number of nitrogens with one attached hydrogen (secondary N) is 1. The van der Waals surface area contributed by atoms with Gasteiger partial charge in [-0.2, -0.15) is 0 Å². The van der Waals surface area contributed by atoms with Gasteiger partial charge in [-0.1, -0.05) is 13.8 Å². The third-order valence-corrected chi connectivity index (χ3v) is 3.52. The van der Waals surface area contributed by atoms with Crippen LogP contribution in [0.4, 0.5) is 0 Å². The molecule has 1 aliphatic rings. The van der Waals surface area contributed by atoms with E-state index in [9.17, 15) is 9.59 Å². The number of hydrogen-bond donors (Lipinski definition) is 1. The van der Waals surface area contributed by atoms with Crippen LogP contribution in [-0.4, -0.2) is 34.8 Å². The van der Waals surface area contributed by atoms with Crippen LogP contribution >= 0.6 is 0 Å². The van der Waals surface area contributed by atoms with Crippen LogP contribution in [0.5, 0.6) is 0 Å². The summed E-state index contributed by atoms with van der Waals surface area (Å²) in [7, 11) is 0. The maximum atomic E-state index is 11.9. The first-order valence-corrected chi connectivity index (χ1v) is 6.88. The zero-order valence-corrected chi connectivity index (χ0v) is 12.4. The van der Waals surface area contributed by atoms with Gasteiger partial charge in [0.2, 0.25) is 11.8 Å². The first kappa shape index (κ1) is 14.6. The highest BCUT2D eigenvalue weighted by atomic mass is 16.4. The number of carbonyl (C=O) groups is 2. The Morgan fingerprint density at radius 2 is 2.10 bits per heavy atom. The molecule has 1 aromatic heterocycles. The SMILES string of the molecule is CC(=O)N1CC(C(=O)NCc2oc(C(C)C)nc2C)C1. The summed E-state index contributed by atoms with van der Waals surface area (Å²) in [5, 5.41) is 2.84. The summed E-state index contributed by atoms with van der Waals surface area (Å²) < 4.78 is 5.63. The number of oxazole rings is 1. The van der Waals surface area contributed by atoms with Crippen LogP contribution in [0.15, 0.2) is 4.42 Å². The molecule has 1 saturated heterocycles. The lowest BCUT2D eigenvalue weighted by Gasteiger charge is -2.37. The molecule has 2 rings (SSSR count). The summed E-state index contributed by atoms with van der Waals surface area (Å²) in [6, 6.07) is 0. The Bertz CT molecular complexity index is 516. The summed E-state index contributed by atoms with van der Waals surface area (Å²) in [6.45, 7) is 8.77. The number of carbonyl (C=O) groups excluding carboxylic acids is 2. The van der Waals surface area contributed by atoms with E-state index in [0.29, 0.717) is 31.3 Å². The number of aromatic nitrogens is 1. The molecule has 1 aromatic rings. The standard InChI is InChI=1S/C14H21N3O3/c1-8(2)14-16-9(3)12(20-14)5-15-13(19)11-6-17(7-11)10(4)18/h8,11H,5-7H2,1-4H3,(H,15,19). The van der Waals surface area contributed by atoms with E-state index in [1.807, 2.05) is 20.8 Å². The Morgan fingerprint density at radius 1 is 1.45 bits per heavy atom. The highest BCUT2D eigenvalue weighted by Gasteiger charge is 2.34. The fourth-order valence-electron chi connectivity index (χ4n) is 2.07. The molecule has 0 aromatic carbocycles. The molecule has 1 aliphatic heterocycles. The highest BCUT2D eigenvalue weighted by Crippen LogP contribution is 2.19. The van der Waals surface area contributed by atoms with E-state index >= 15 is 0 Å². The Kier molecular flexibility index (Phi) is 4.11. The van der Waals surface area contributed by atoms with E-state index in [2.05, 4.69) is 10.3 Å². The van der Waals surface area contributed by atoms with E-state index in [4.69, 9.17) is 4.42 Å². The quantitative estimate of drug-likeness (QED) is 0.898. The van der Waals surface area contributed by atoms with Gasteiger partial charge in [-0.15, -0.1) is 0 Å². The fourth-order valence-corrected chi connectivity index (χ4v) is 2.07. The first-order valence-electron chi connectivity index (χ1n) is 6.88. The monoisotopic (exact) mass is 279 g/mol. The van der Waals surface area contributed by atoms with Gasteiger partial charge in [-0.3, -0.25) is 9.59 Å². The molecule has 0 aliphatic carbocycles. The van der Waals surface area contributed by atoms with Crippen LogP contribution in [0.3, 0.4) is 0 Å². The van der Waals surface area contributed by atoms with Gasteiger partial charge < -0.3 is 14.6 Å². The molecule has 0 spiro atoms. The molecule has 110 valence electrons. The van der Waals surface area contributed by atoms with Crippen molar-refractivity contribution in [1.29, 1.82) is 0 Å². The maximum Gasteiger partial charge on any atom is 0.227 e. The molecule has 2 heterocycles. The summed E-state index contributed by atoms with van der Waals surface area (Å²) in [5.41, 5.74) is 0.813. The molecule has 0 bridgehead atoms. The lowest BCUT2D eigenvalue weighted by molar-refractivity contribution is -0.141. The number of likely N-dealkylation sites (tertiary alicyclic amines) is 1. The third kappa shape index (κ3) is 3.00. The van der Waals surface area contributed by atoms with Crippen LogP contribution in [0.25, 0.3) is 0 Å². The second-order valence-corrected chi connectivity index (χ2v) is 5.55. The molecule has 0 radical (unpaired) electrons. The number of nitrogens with zero attached hydrogens (tertiary/aromatic N) is 2. The van der Waals surface area contributed by atoms with Crippen molar-refractivity contribution < 1.29 is 14.0 Å². The van der Waals surface area contributed by atoms with Crippen LogP contribution in [0, 0.1) is 12.8 Å². The molecule has 6 nitrogen and oxygen atoms in total. The van der Waals surface area contributed by atoms with Gasteiger partial charge in [0.1, 0.15) is 5.76 Å². The van der Waals surface area contributed by atoms with Crippen molar-refractivity contribution in [3.63, 3.8) is 0 Å². The van der Waals surface area contributed by atoms with Gasteiger partial charge in [0, 0.05) is 25.9 Å². The van der Waals surface area contributed by atoms with Crippen LogP contribution in [0.1, 0.15) is 44.0 Å². The molecule has 20 heavy (non-hydrogen) atoms. The van der Waals surface area contributed by atoms with Gasteiger partial charge in [0.05, 0.1) is 18.2 Å². The summed E-state index contributed by atoms with van der Waals surface area (Å²) in [6.07, 6.45) is 0. The molecular formula is C14H21N3O3. The molecular weight excluding hydrogens is 258 g/mol. The molecule has 1 fully saturated rings. The largest absolute Gasteiger partial charge is 0.443 e. The van der Waals surface area contributed by atoms with E-state index in [0.717, 1.165) is 5.69 Å². The summed E-state index contributed by atoms with van der Waals surface area (Å²) in [5.74, 6) is 1.50. The van der Waals surface area contributed by atoms with Crippen LogP contribution in [-0.2, 0) is 16.1 Å². The number of aryl methyl sites for hydroxylation is 1. The molecule has 2 amide bonds. The molecule has 1 N–H and O–H groups in total. The lowest BCUT2D eigenvalue weighted by atomic mass is 9.99. The van der Waals surface area contributed by atoms with E-state index in [-0.39, 0.29) is 23.7 Å². The van der Waals surface area contributed by atoms with Gasteiger partial charge in [0.25, 0.3) is 0 Å². The zero-order chi connectivity index (χ0) is 14.9. The minimum atomic E-state index is -0.105. The van der Waals surface area contributed by atoms with E-state index in [1.165, 1.54) is 6.92 Å². The van der Waals surface area contributed by atoms with Crippen molar-refractivity contribution in [2.75, 3.05) is 13.1 Å². The van der Waals surface area contributed by atoms with Crippen LogP contribution in [0.2, 0.25) is 0 Å². The second-order valence-electron chi connectivity index (χ2n) is 5.55. The predicted molar refractivity (Wildman–Crippen MR) is 72.9 cm³/mol. The van der Waals surface area contributed by atoms with Crippen molar-refractivity contribution in [3.05, 3.63) is 17.3 Å². The topological polar surface area (TPSA) is 75.4 Å². The van der Waals surface area contributed by atoms with Gasteiger partial charge >= 0.3 is 0 Å². The smallest absolute Gasteiger partial charge is 0.227 e. The summed E-state index contributed by atoms with van der Waals surface area (Å²) >= 11 is 0. The van der Waals surface area contributed by atoms with Crippen molar-refractivity contribution in [1.82, 2.24) is 15.2 Å². The van der Waals surface area contributed by atoms with Gasteiger partial charge in [0.15, 0.2) is 5.89 Å². The predicted octanol–water partition coefficient (Wildman–Crippen LogP) is 1.20. The Labute approximate surface area is 118 Å². The lowest BCUT2D eigenvalue weighted by Crippen LogP contribution is -2.55. The second kappa shape index (κ2) is 5.64. The Morgan fingerprint density at radius 3 is 2.60 bits per heavy atom. The maximum absolute atomic E-state index is 11.9. The Hall–Kier alpha value is -1.85. The first-order chi connectivity index (χ1) is 9.38. The van der Waals surface area contributed by atoms with E-state index in [1.54, 1.807) is 4.90 Å². The normalized spacial score (nSPS) is 15.3. The van der Waals surface area contributed by atoms with Crippen molar-refractivity contribution in [2.45, 2.75) is 40.2 Å². The van der Waals surface area contributed by atoms with Gasteiger partial charge in [-0.05, 0) is 6.92 Å². The fraction of sp³-hybridized carbons (Fsp3) is 0.643.